The van der Waals surface area contributed by atoms with Crippen LogP contribution in [0.1, 0.15) is 15.9 Å². The Kier molecular flexibility index (Phi) is 3.96. The normalized spacial score (nSPS) is 10.7. The third-order valence-electron chi connectivity index (χ3n) is 2.14. The Labute approximate surface area is 113 Å². The van der Waals surface area contributed by atoms with Gasteiger partial charge in [0, 0.05) is 16.1 Å². The summed E-state index contributed by atoms with van der Waals surface area (Å²) in [6.45, 7) is 0. The standard InChI is InChI=1S/C12H9ClN2O2S/c13-11-2-1-9(5-10(11)12(16)17)15-14-6-8-3-4-18-7-8/h1-7,15H,(H,16,17)/p-1/b14-6-. The van der Waals surface area contributed by atoms with Crippen LogP contribution < -0.4 is 10.5 Å². The van der Waals surface area contributed by atoms with E-state index in [9.17, 15) is 9.90 Å². The molecule has 92 valence electrons. The second-order valence-corrected chi connectivity index (χ2v) is 4.60. The molecule has 0 aliphatic heterocycles. The van der Waals surface area contributed by atoms with E-state index in [1.54, 1.807) is 23.6 Å². The van der Waals surface area contributed by atoms with Gasteiger partial charge in [-0.3, -0.25) is 5.43 Å². The fourth-order valence-electron chi connectivity index (χ4n) is 1.28. The number of hydrogen-bond acceptors (Lipinski definition) is 5. The minimum Gasteiger partial charge on any atom is -0.545 e. The molecule has 0 saturated carbocycles. The summed E-state index contributed by atoms with van der Waals surface area (Å²) >= 11 is 7.29. The number of carboxylic acid groups (broad SMARTS) is 1. The van der Waals surface area contributed by atoms with Crippen molar-refractivity contribution in [1.82, 2.24) is 0 Å². The number of anilines is 1. The minimum absolute atomic E-state index is 0.0626. The highest BCUT2D eigenvalue weighted by Gasteiger charge is 2.02. The van der Waals surface area contributed by atoms with Crippen molar-refractivity contribution < 1.29 is 9.90 Å². The van der Waals surface area contributed by atoms with Crippen LogP contribution in [0, 0.1) is 0 Å². The Hall–Kier alpha value is -1.85. The zero-order valence-electron chi connectivity index (χ0n) is 9.09. The number of hydrogen-bond donors (Lipinski definition) is 1. The Morgan fingerprint density at radius 3 is 2.94 bits per heavy atom. The van der Waals surface area contributed by atoms with Crippen molar-refractivity contribution in [3.05, 3.63) is 51.2 Å². The second-order valence-electron chi connectivity index (χ2n) is 3.41. The van der Waals surface area contributed by atoms with E-state index in [4.69, 9.17) is 11.6 Å². The molecule has 0 spiro atoms. The number of carbonyl (C=O) groups is 1. The number of aromatic carboxylic acids is 1. The first-order chi connectivity index (χ1) is 8.66. The summed E-state index contributed by atoms with van der Waals surface area (Å²) in [5, 5.41) is 18.8. The molecule has 0 atom stereocenters. The van der Waals surface area contributed by atoms with Gasteiger partial charge in [0.2, 0.25) is 0 Å². The Bertz CT molecular complexity index is 582. The number of carboxylic acids is 1. The Balaban J connectivity index is 2.10. The van der Waals surface area contributed by atoms with E-state index in [0.29, 0.717) is 5.69 Å². The molecule has 2 aromatic rings. The van der Waals surface area contributed by atoms with E-state index in [2.05, 4.69) is 10.5 Å². The quantitative estimate of drug-likeness (QED) is 0.689. The first-order valence-corrected chi connectivity index (χ1v) is 6.31. The van der Waals surface area contributed by atoms with Gasteiger partial charge in [0.15, 0.2) is 0 Å². The van der Waals surface area contributed by atoms with Crippen molar-refractivity contribution in [2.24, 2.45) is 5.10 Å². The van der Waals surface area contributed by atoms with Crippen LogP contribution in [0.25, 0.3) is 0 Å². The molecule has 0 bridgehead atoms. The van der Waals surface area contributed by atoms with Crippen molar-refractivity contribution in [1.29, 1.82) is 0 Å². The van der Waals surface area contributed by atoms with Crippen LogP contribution in [0.15, 0.2) is 40.1 Å². The molecule has 0 saturated heterocycles. The number of nitrogens with one attached hydrogen (secondary N) is 1. The zero-order valence-corrected chi connectivity index (χ0v) is 10.7. The number of rotatable bonds is 4. The van der Waals surface area contributed by atoms with Crippen LogP contribution in [0.3, 0.4) is 0 Å². The summed E-state index contributed by atoms with van der Waals surface area (Å²) in [7, 11) is 0. The smallest absolute Gasteiger partial charge is 0.0731 e. The molecule has 2 rings (SSSR count). The minimum atomic E-state index is -1.31. The summed E-state index contributed by atoms with van der Waals surface area (Å²) in [6, 6.07) is 6.42. The molecule has 0 radical (unpaired) electrons. The van der Waals surface area contributed by atoms with Gasteiger partial charge in [-0.25, -0.2) is 0 Å². The molecule has 1 N–H and O–H groups in total. The van der Waals surface area contributed by atoms with Gasteiger partial charge < -0.3 is 9.90 Å². The molecule has 0 amide bonds. The average Bonchev–Trinajstić information content (AvgIpc) is 2.84. The van der Waals surface area contributed by atoms with Crippen molar-refractivity contribution in [3.8, 4) is 0 Å². The summed E-state index contributed by atoms with van der Waals surface area (Å²) in [5.41, 5.74) is 4.17. The van der Waals surface area contributed by atoms with Crippen molar-refractivity contribution >= 4 is 40.8 Å². The summed E-state index contributed by atoms with van der Waals surface area (Å²) in [6.07, 6.45) is 1.64. The highest BCUT2D eigenvalue weighted by molar-refractivity contribution is 7.08. The van der Waals surface area contributed by atoms with Crippen molar-refractivity contribution in [2.75, 3.05) is 5.43 Å². The highest BCUT2D eigenvalue weighted by atomic mass is 35.5. The van der Waals surface area contributed by atoms with Crippen LogP contribution in [0.4, 0.5) is 5.69 Å². The molecule has 0 unspecified atom stereocenters. The fraction of sp³-hybridized carbons (Fsp3) is 0. The molecule has 18 heavy (non-hydrogen) atoms. The lowest BCUT2D eigenvalue weighted by Gasteiger charge is -2.07. The van der Waals surface area contributed by atoms with Gasteiger partial charge in [-0.15, -0.1) is 0 Å². The predicted octanol–water partition coefficient (Wildman–Crippen LogP) is 2.21. The van der Waals surface area contributed by atoms with Gasteiger partial charge in [0.05, 0.1) is 17.9 Å². The van der Waals surface area contributed by atoms with Crippen LogP contribution in [0.2, 0.25) is 5.02 Å². The summed E-state index contributed by atoms with van der Waals surface area (Å²) in [4.78, 5) is 10.8. The van der Waals surface area contributed by atoms with Gasteiger partial charge in [-0.1, -0.05) is 11.6 Å². The average molecular weight is 280 g/mol. The number of halogens is 1. The zero-order chi connectivity index (χ0) is 13.0. The van der Waals surface area contributed by atoms with Crippen LogP contribution in [-0.4, -0.2) is 12.2 Å². The number of thiophene rings is 1. The van der Waals surface area contributed by atoms with E-state index < -0.39 is 5.97 Å². The lowest BCUT2D eigenvalue weighted by molar-refractivity contribution is -0.255. The molecule has 0 fully saturated rings. The largest absolute Gasteiger partial charge is 0.545 e. The fourth-order valence-corrected chi connectivity index (χ4v) is 2.09. The predicted molar refractivity (Wildman–Crippen MR) is 71.3 cm³/mol. The molecule has 4 nitrogen and oxygen atoms in total. The van der Waals surface area contributed by atoms with Crippen LogP contribution >= 0.6 is 22.9 Å². The monoisotopic (exact) mass is 279 g/mol. The van der Waals surface area contributed by atoms with E-state index in [1.807, 2.05) is 16.8 Å². The summed E-state index contributed by atoms with van der Waals surface area (Å²) in [5.74, 6) is -1.31. The van der Waals surface area contributed by atoms with Gasteiger partial charge in [0.1, 0.15) is 0 Å². The molecular formula is C12H8ClN2O2S-. The SMILES string of the molecule is O=C([O-])c1cc(N/N=C\c2ccsc2)ccc1Cl. The highest BCUT2D eigenvalue weighted by Crippen LogP contribution is 2.19. The molecule has 6 heteroatoms. The third kappa shape index (κ3) is 3.09. The lowest BCUT2D eigenvalue weighted by atomic mass is 10.2. The number of hydrazone groups is 1. The lowest BCUT2D eigenvalue weighted by Crippen LogP contribution is -2.22. The number of benzene rings is 1. The van der Waals surface area contributed by atoms with Crippen LogP contribution in [0.5, 0.6) is 0 Å². The van der Waals surface area contributed by atoms with Crippen LogP contribution in [-0.2, 0) is 0 Å². The van der Waals surface area contributed by atoms with Crippen molar-refractivity contribution in [2.45, 2.75) is 0 Å². The number of carbonyl (C=O) groups excluding carboxylic acids is 1. The molecule has 0 aliphatic carbocycles. The second kappa shape index (κ2) is 5.66. The van der Waals surface area contributed by atoms with Gasteiger partial charge in [0.25, 0.3) is 0 Å². The maximum Gasteiger partial charge on any atom is 0.0731 e. The Morgan fingerprint density at radius 2 is 2.28 bits per heavy atom. The van der Waals surface area contributed by atoms with Gasteiger partial charge in [-0.05, 0) is 35.0 Å². The van der Waals surface area contributed by atoms with Gasteiger partial charge in [-0.2, -0.15) is 16.4 Å². The topological polar surface area (TPSA) is 64.5 Å². The van der Waals surface area contributed by atoms with E-state index in [0.717, 1.165) is 5.56 Å². The van der Waals surface area contributed by atoms with Gasteiger partial charge >= 0.3 is 0 Å². The maximum atomic E-state index is 10.8. The molecule has 0 aliphatic rings. The molecule has 1 heterocycles. The van der Waals surface area contributed by atoms with E-state index in [-0.39, 0.29) is 10.6 Å². The number of nitrogens with zero attached hydrogens (tertiary/aromatic N) is 1. The molecular weight excluding hydrogens is 272 g/mol. The maximum absolute atomic E-state index is 10.8. The first-order valence-electron chi connectivity index (χ1n) is 4.99. The van der Waals surface area contributed by atoms with Crippen molar-refractivity contribution in [3.63, 3.8) is 0 Å². The molecule has 1 aromatic heterocycles. The van der Waals surface area contributed by atoms with E-state index >= 15 is 0 Å². The third-order valence-corrected chi connectivity index (χ3v) is 3.17. The van der Waals surface area contributed by atoms with E-state index in [1.165, 1.54) is 12.1 Å². The first kappa shape index (κ1) is 12.6. The Morgan fingerprint density at radius 1 is 1.44 bits per heavy atom. The summed E-state index contributed by atoms with van der Waals surface area (Å²) < 4.78 is 0. The molecule has 1 aromatic carbocycles.